The van der Waals surface area contributed by atoms with Gasteiger partial charge < -0.3 is 4.90 Å². The predicted octanol–water partition coefficient (Wildman–Crippen LogP) is 3.69. The van der Waals surface area contributed by atoms with Gasteiger partial charge in [0.25, 0.3) is 0 Å². The number of nitrogens with zero attached hydrogens (tertiary/aromatic N) is 1. The number of sulfonamides is 1. The number of halogens is 1. The molecule has 0 aliphatic carbocycles. The first-order valence-electron chi connectivity index (χ1n) is 7.91. The molecule has 0 radical (unpaired) electrons. The minimum Gasteiger partial charge on any atom is -0.338 e. The Hall–Kier alpha value is -1.54. The molecule has 2 N–H and O–H groups in total. The maximum absolute atomic E-state index is 12.7. The van der Waals surface area contributed by atoms with Crippen molar-refractivity contribution in [1.82, 2.24) is 4.90 Å². The third-order valence-electron chi connectivity index (χ3n) is 4.09. The zero-order chi connectivity index (χ0) is 19.5. The number of primary sulfonamides is 1. The number of benzene rings is 2. The van der Waals surface area contributed by atoms with Gasteiger partial charge in [-0.3, -0.25) is 4.79 Å². The number of hydrogen-bond donors (Lipinski definition) is 1. The third kappa shape index (κ3) is 5.23. The Morgan fingerprint density at radius 2 is 1.62 bits per heavy atom. The van der Waals surface area contributed by atoms with E-state index in [2.05, 4.69) is 0 Å². The van der Waals surface area contributed by atoms with Gasteiger partial charge in [-0.05, 0) is 55.8 Å². The molecule has 0 fully saturated rings. The van der Waals surface area contributed by atoms with Crippen molar-refractivity contribution in [2.24, 2.45) is 5.14 Å². The average molecular weight is 413 g/mol. The van der Waals surface area contributed by atoms with Crippen LogP contribution in [0.4, 0.5) is 0 Å². The molecule has 0 saturated carbocycles. The third-order valence-corrected chi connectivity index (χ3v) is 6.37. The predicted molar refractivity (Wildman–Crippen MR) is 106 cm³/mol. The maximum atomic E-state index is 12.7. The van der Waals surface area contributed by atoms with Crippen LogP contribution in [-0.4, -0.2) is 31.5 Å². The Labute approximate surface area is 163 Å². The van der Waals surface area contributed by atoms with Gasteiger partial charge in [0.1, 0.15) is 0 Å². The summed E-state index contributed by atoms with van der Waals surface area (Å²) in [6.07, 6.45) is 0. The maximum Gasteiger partial charge on any atom is 0.238 e. The second-order valence-corrected chi connectivity index (χ2v) is 9.37. The lowest BCUT2D eigenvalue weighted by Gasteiger charge is -2.28. The largest absolute Gasteiger partial charge is 0.338 e. The lowest BCUT2D eigenvalue weighted by atomic mass is 10.1. The Morgan fingerprint density at radius 1 is 1.08 bits per heavy atom. The van der Waals surface area contributed by atoms with Crippen molar-refractivity contribution in [2.45, 2.75) is 34.9 Å². The molecule has 0 aliphatic rings. The SMILES string of the molecule is CC(Sc1ccc(Cl)cc1)C(=O)N(C)C(C)c1ccc(S(N)(=O)=O)cc1. The fourth-order valence-corrected chi connectivity index (χ4v) is 4.01. The van der Waals surface area contributed by atoms with Gasteiger partial charge in [0.15, 0.2) is 0 Å². The lowest BCUT2D eigenvalue weighted by Crippen LogP contribution is -2.35. The Bertz CT molecular complexity index is 868. The van der Waals surface area contributed by atoms with Gasteiger partial charge in [0.2, 0.25) is 15.9 Å². The summed E-state index contributed by atoms with van der Waals surface area (Å²) in [7, 11) is -1.99. The fourth-order valence-electron chi connectivity index (χ4n) is 2.40. The van der Waals surface area contributed by atoms with Gasteiger partial charge >= 0.3 is 0 Å². The first-order valence-corrected chi connectivity index (χ1v) is 10.7. The van der Waals surface area contributed by atoms with Crippen LogP contribution in [0, 0.1) is 0 Å². The highest BCUT2D eigenvalue weighted by atomic mass is 35.5. The van der Waals surface area contributed by atoms with E-state index in [1.54, 1.807) is 36.2 Å². The summed E-state index contributed by atoms with van der Waals surface area (Å²) in [5, 5.41) is 5.49. The molecule has 0 spiro atoms. The van der Waals surface area contributed by atoms with Gasteiger partial charge in [0.05, 0.1) is 16.2 Å². The molecule has 2 unspecified atom stereocenters. The second-order valence-electron chi connectivity index (χ2n) is 5.95. The number of amides is 1. The summed E-state index contributed by atoms with van der Waals surface area (Å²) in [6, 6.07) is 13.4. The summed E-state index contributed by atoms with van der Waals surface area (Å²) >= 11 is 7.34. The van der Waals surface area contributed by atoms with Crippen molar-refractivity contribution >= 4 is 39.3 Å². The van der Waals surface area contributed by atoms with Crippen LogP contribution < -0.4 is 5.14 Å². The Morgan fingerprint density at radius 3 is 2.12 bits per heavy atom. The van der Waals surface area contributed by atoms with Crippen molar-refractivity contribution < 1.29 is 13.2 Å². The zero-order valence-electron chi connectivity index (χ0n) is 14.7. The molecule has 8 heteroatoms. The molecule has 140 valence electrons. The van der Waals surface area contributed by atoms with E-state index in [0.29, 0.717) is 5.02 Å². The molecule has 26 heavy (non-hydrogen) atoms. The van der Waals surface area contributed by atoms with Crippen LogP contribution >= 0.6 is 23.4 Å². The minimum atomic E-state index is -3.73. The Kier molecular flexibility index (Phi) is 6.74. The summed E-state index contributed by atoms with van der Waals surface area (Å²) in [5.41, 5.74) is 0.831. The van der Waals surface area contributed by atoms with Crippen LogP contribution in [0.2, 0.25) is 5.02 Å². The molecule has 0 saturated heterocycles. The van der Waals surface area contributed by atoms with Crippen molar-refractivity contribution in [3.05, 3.63) is 59.1 Å². The average Bonchev–Trinajstić information content (AvgIpc) is 2.61. The van der Waals surface area contributed by atoms with E-state index in [9.17, 15) is 13.2 Å². The highest BCUT2D eigenvalue weighted by Gasteiger charge is 2.23. The van der Waals surface area contributed by atoms with Crippen LogP contribution in [0.5, 0.6) is 0 Å². The zero-order valence-corrected chi connectivity index (χ0v) is 17.1. The van der Waals surface area contributed by atoms with Gasteiger partial charge in [-0.2, -0.15) is 0 Å². The van der Waals surface area contributed by atoms with E-state index in [1.165, 1.54) is 23.9 Å². The number of hydrogen-bond acceptors (Lipinski definition) is 4. The van der Waals surface area contributed by atoms with Crippen molar-refractivity contribution in [3.8, 4) is 0 Å². The molecule has 0 aliphatic heterocycles. The van der Waals surface area contributed by atoms with Gasteiger partial charge in [-0.1, -0.05) is 23.7 Å². The second kappa shape index (κ2) is 8.43. The number of thioether (sulfide) groups is 1. The molecular formula is C18H21ClN2O3S2. The monoisotopic (exact) mass is 412 g/mol. The number of nitrogens with two attached hydrogens (primary N) is 1. The van der Waals surface area contributed by atoms with Crippen LogP contribution in [0.1, 0.15) is 25.5 Å². The quantitative estimate of drug-likeness (QED) is 0.733. The minimum absolute atomic E-state index is 0.0204. The molecule has 2 atom stereocenters. The fraction of sp³-hybridized carbons (Fsp3) is 0.278. The van der Waals surface area contributed by atoms with Crippen molar-refractivity contribution in [3.63, 3.8) is 0 Å². The molecular weight excluding hydrogens is 392 g/mol. The summed E-state index contributed by atoms with van der Waals surface area (Å²) in [6.45, 7) is 3.75. The van der Waals surface area contributed by atoms with Crippen molar-refractivity contribution in [2.75, 3.05) is 7.05 Å². The standard InChI is InChI=1S/C18H21ClN2O3S2/c1-12(14-4-10-17(11-5-14)26(20,23)24)21(3)18(22)13(2)25-16-8-6-15(19)7-9-16/h4-13H,1-3H3,(H2,20,23,24). The highest BCUT2D eigenvalue weighted by molar-refractivity contribution is 8.00. The molecule has 2 aromatic carbocycles. The van der Waals surface area contributed by atoms with Crippen LogP contribution in [-0.2, 0) is 14.8 Å². The molecule has 0 heterocycles. The number of carbonyl (C=O) groups excluding carboxylic acids is 1. The van der Waals surface area contributed by atoms with Gasteiger partial charge in [-0.15, -0.1) is 11.8 Å². The normalized spacial score (nSPS) is 13.9. The van der Waals surface area contributed by atoms with Gasteiger partial charge in [0, 0.05) is 17.0 Å². The lowest BCUT2D eigenvalue weighted by molar-refractivity contribution is -0.130. The summed E-state index contributed by atoms with van der Waals surface area (Å²) < 4.78 is 22.7. The van der Waals surface area contributed by atoms with Gasteiger partial charge in [-0.25, -0.2) is 13.6 Å². The van der Waals surface area contributed by atoms with E-state index in [1.807, 2.05) is 26.0 Å². The summed E-state index contributed by atoms with van der Waals surface area (Å²) in [4.78, 5) is 15.4. The molecule has 0 aromatic heterocycles. The van der Waals surface area contributed by atoms with Crippen LogP contribution in [0.3, 0.4) is 0 Å². The first-order chi connectivity index (χ1) is 12.1. The molecule has 1 amide bonds. The van der Waals surface area contributed by atoms with E-state index in [-0.39, 0.29) is 22.1 Å². The summed E-state index contributed by atoms with van der Waals surface area (Å²) in [5.74, 6) is -0.0204. The molecule has 2 aromatic rings. The van der Waals surface area contributed by atoms with Crippen LogP contribution in [0.15, 0.2) is 58.3 Å². The first kappa shape index (κ1) is 20.8. The number of carbonyl (C=O) groups is 1. The highest BCUT2D eigenvalue weighted by Crippen LogP contribution is 2.28. The molecule has 2 rings (SSSR count). The topological polar surface area (TPSA) is 80.5 Å². The van der Waals surface area contributed by atoms with Crippen LogP contribution in [0.25, 0.3) is 0 Å². The van der Waals surface area contributed by atoms with E-state index < -0.39 is 10.0 Å². The molecule has 0 bridgehead atoms. The van der Waals surface area contributed by atoms with Crippen molar-refractivity contribution in [1.29, 1.82) is 0 Å². The number of rotatable bonds is 6. The van der Waals surface area contributed by atoms with E-state index in [0.717, 1.165) is 10.5 Å². The van der Waals surface area contributed by atoms with E-state index in [4.69, 9.17) is 16.7 Å². The Balaban J connectivity index is 2.07. The smallest absolute Gasteiger partial charge is 0.238 e. The van der Waals surface area contributed by atoms with E-state index >= 15 is 0 Å². The molecule has 5 nitrogen and oxygen atoms in total.